The van der Waals surface area contributed by atoms with Crippen LogP contribution >= 0.6 is 0 Å². The van der Waals surface area contributed by atoms with E-state index in [2.05, 4.69) is 5.32 Å². The highest BCUT2D eigenvalue weighted by Crippen LogP contribution is 2.35. The van der Waals surface area contributed by atoms with Crippen LogP contribution in [0.3, 0.4) is 0 Å². The van der Waals surface area contributed by atoms with Gasteiger partial charge in [-0.2, -0.15) is 18.4 Å². The first-order valence-electron chi connectivity index (χ1n) is 6.06. The number of rotatable bonds is 5. The summed E-state index contributed by atoms with van der Waals surface area (Å²) in [6, 6.07) is 5.13. The summed E-state index contributed by atoms with van der Waals surface area (Å²) >= 11 is 0. The molecule has 0 saturated heterocycles. The SMILES string of the molecule is CN(CCC#N)CC(=O)Nc1ccc(N)c(C(F)(F)F)c1. The lowest BCUT2D eigenvalue weighted by Gasteiger charge is -2.16. The molecule has 21 heavy (non-hydrogen) atoms. The molecular weight excluding hydrogens is 285 g/mol. The molecular formula is C13H15F3N4O. The lowest BCUT2D eigenvalue weighted by molar-refractivity contribution is -0.136. The van der Waals surface area contributed by atoms with E-state index in [0.717, 1.165) is 12.1 Å². The molecule has 1 amide bonds. The van der Waals surface area contributed by atoms with Gasteiger partial charge in [-0.05, 0) is 25.2 Å². The number of nitrogens with two attached hydrogens (primary N) is 1. The van der Waals surface area contributed by atoms with E-state index in [-0.39, 0.29) is 18.7 Å². The molecule has 0 aliphatic heterocycles. The van der Waals surface area contributed by atoms with Gasteiger partial charge in [0, 0.05) is 24.3 Å². The molecule has 114 valence electrons. The van der Waals surface area contributed by atoms with Crippen LogP contribution in [-0.4, -0.2) is 30.9 Å². The number of hydrogen-bond donors (Lipinski definition) is 2. The zero-order valence-corrected chi connectivity index (χ0v) is 11.4. The number of carbonyl (C=O) groups excluding carboxylic acids is 1. The lowest BCUT2D eigenvalue weighted by Crippen LogP contribution is -2.30. The van der Waals surface area contributed by atoms with Crippen molar-refractivity contribution in [3.8, 4) is 6.07 Å². The Morgan fingerprint density at radius 1 is 1.48 bits per heavy atom. The van der Waals surface area contributed by atoms with Crippen LogP contribution in [0, 0.1) is 11.3 Å². The van der Waals surface area contributed by atoms with Crippen molar-refractivity contribution in [2.45, 2.75) is 12.6 Å². The minimum Gasteiger partial charge on any atom is -0.398 e. The first kappa shape index (κ1) is 16.8. The number of nitriles is 1. The smallest absolute Gasteiger partial charge is 0.398 e. The summed E-state index contributed by atoms with van der Waals surface area (Å²) in [5, 5.41) is 10.8. The number of likely N-dealkylation sites (N-methyl/N-ethyl adjacent to an activating group) is 1. The molecule has 5 nitrogen and oxygen atoms in total. The number of amides is 1. The number of alkyl halides is 3. The summed E-state index contributed by atoms with van der Waals surface area (Å²) in [4.78, 5) is 13.3. The number of halogens is 3. The van der Waals surface area contributed by atoms with Crippen LogP contribution < -0.4 is 11.1 Å². The van der Waals surface area contributed by atoms with E-state index in [1.54, 1.807) is 11.9 Å². The minimum absolute atomic E-state index is 0.0204. The van der Waals surface area contributed by atoms with Gasteiger partial charge in [-0.1, -0.05) is 0 Å². The van der Waals surface area contributed by atoms with Crippen LogP contribution in [-0.2, 0) is 11.0 Å². The molecule has 0 spiro atoms. The number of nitrogens with zero attached hydrogens (tertiary/aromatic N) is 2. The van der Waals surface area contributed by atoms with Gasteiger partial charge in [0.25, 0.3) is 0 Å². The van der Waals surface area contributed by atoms with Crippen molar-refractivity contribution in [1.29, 1.82) is 5.26 Å². The van der Waals surface area contributed by atoms with Gasteiger partial charge in [0.1, 0.15) is 0 Å². The molecule has 0 unspecified atom stereocenters. The number of anilines is 2. The quantitative estimate of drug-likeness (QED) is 0.816. The fourth-order valence-electron chi connectivity index (χ4n) is 1.65. The van der Waals surface area contributed by atoms with Crippen LogP contribution in [0.4, 0.5) is 24.5 Å². The van der Waals surface area contributed by atoms with Gasteiger partial charge in [0.05, 0.1) is 18.2 Å². The Morgan fingerprint density at radius 2 is 2.14 bits per heavy atom. The van der Waals surface area contributed by atoms with Crippen LogP contribution in [0.25, 0.3) is 0 Å². The summed E-state index contributed by atoms with van der Waals surface area (Å²) in [5.41, 5.74) is 3.91. The highest BCUT2D eigenvalue weighted by molar-refractivity contribution is 5.92. The summed E-state index contributed by atoms with van der Waals surface area (Å²) in [5.74, 6) is -0.465. The average molecular weight is 300 g/mol. The van der Waals surface area contributed by atoms with Crippen molar-refractivity contribution in [3.63, 3.8) is 0 Å². The van der Waals surface area contributed by atoms with E-state index >= 15 is 0 Å². The third kappa shape index (κ3) is 5.31. The first-order chi connectivity index (χ1) is 9.74. The molecule has 1 aromatic carbocycles. The minimum atomic E-state index is -4.57. The van der Waals surface area contributed by atoms with Crippen LogP contribution in [0.5, 0.6) is 0 Å². The fraction of sp³-hybridized carbons (Fsp3) is 0.385. The van der Waals surface area contributed by atoms with E-state index in [4.69, 9.17) is 11.0 Å². The maximum absolute atomic E-state index is 12.7. The predicted octanol–water partition coefficient (Wildman–Crippen LogP) is 2.07. The number of hydrogen-bond acceptors (Lipinski definition) is 4. The van der Waals surface area contributed by atoms with Gasteiger partial charge < -0.3 is 11.1 Å². The van der Waals surface area contributed by atoms with Gasteiger partial charge in [0.15, 0.2) is 0 Å². The van der Waals surface area contributed by atoms with Gasteiger partial charge in [-0.3, -0.25) is 9.69 Å². The molecule has 8 heteroatoms. The average Bonchev–Trinajstić information content (AvgIpc) is 2.37. The molecule has 0 atom stereocenters. The first-order valence-corrected chi connectivity index (χ1v) is 6.06. The van der Waals surface area contributed by atoms with Crippen LogP contribution in [0.15, 0.2) is 18.2 Å². The molecule has 0 fully saturated rings. The molecule has 0 radical (unpaired) electrons. The third-order valence-electron chi connectivity index (χ3n) is 2.66. The van der Waals surface area contributed by atoms with Crippen molar-refractivity contribution in [2.24, 2.45) is 0 Å². The van der Waals surface area contributed by atoms with Crippen molar-refractivity contribution in [2.75, 3.05) is 31.2 Å². The van der Waals surface area contributed by atoms with E-state index in [1.807, 2.05) is 6.07 Å². The van der Waals surface area contributed by atoms with Gasteiger partial charge in [-0.15, -0.1) is 0 Å². The van der Waals surface area contributed by atoms with Crippen LogP contribution in [0.1, 0.15) is 12.0 Å². The molecule has 0 aliphatic carbocycles. The van der Waals surface area contributed by atoms with E-state index in [1.165, 1.54) is 6.07 Å². The van der Waals surface area contributed by atoms with Gasteiger partial charge in [0.2, 0.25) is 5.91 Å². The van der Waals surface area contributed by atoms with Gasteiger partial charge in [-0.25, -0.2) is 0 Å². The van der Waals surface area contributed by atoms with Crippen molar-refractivity contribution < 1.29 is 18.0 Å². The maximum Gasteiger partial charge on any atom is 0.418 e. The molecule has 0 aromatic heterocycles. The van der Waals surface area contributed by atoms with Crippen molar-refractivity contribution in [3.05, 3.63) is 23.8 Å². The number of carbonyl (C=O) groups is 1. The van der Waals surface area contributed by atoms with E-state index in [9.17, 15) is 18.0 Å². The van der Waals surface area contributed by atoms with E-state index < -0.39 is 23.3 Å². The normalized spacial score (nSPS) is 11.2. The Balaban J connectivity index is 2.71. The Kier molecular flexibility index (Phi) is 5.55. The molecule has 1 aromatic rings. The third-order valence-corrected chi connectivity index (χ3v) is 2.66. The second-order valence-corrected chi connectivity index (χ2v) is 4.49. The van der Waals surface area contributed by atoms with Crippen molar-refractivity contribution in [1.82, 2.24) is 4.90 Å². The van der Waals surface area contributed by atoms with E-state index in [0.29, 0.717) is 6.54 Å². The Labute approximate surface area is 120 Å². The highest BCUT2D eigenvalue weighted by atomic mass is 19.4. The Bertz CT molecular complexity index is 551. The topological polar surface area (TPSA) is 82.2 Å². The predicted molar refractivity (Wildman–Crippen MR) is 72.2 cm³/mol. The molecule has 3 N–H and O–H groups in total. The molecule has 0 aliphatic rings. The second-order valence-electron chi connectivity index (χ2n) is 4.49. The van der Waals surface area contributed by atoms with Crippen molar-refractivity contribution >= 4 is 17.3 Å². The summed E-state index contributed by atoms with van der Waals surface area (Å²) in [6.07, 6.45) is -4.31. The summed E-state index contributed by atoms with van der Waals surface area (Å²) in [7, 11) is 1.64. The molecule has 0 saturated carbocycles. The molecule has 1 rings (SSSR count). The zero-order valence-electron chi connectivity index (χ0n) is 11.4. The monoisotopic (exact) mass is 300 g/mol. The van der Waals surface area contributed by atoms with Crippen LogP contribution in [0.2, 0.25) is 0 Å². The maximum atomic E-state index is 12.7. The second kappa shape index (κ2) is 6.95. The fourth-order valence-corrected chi connectivity index (χ4v) is 1.65. The Hall–Kier alpha value is -2.27. The number of nitrogen functional groups attached to an aromatic ring is 1. The molecule has 0 heterocycles. The largest absolute Gasteiger partial charge is 0.418 e. The number of nitrogens with one attached hydrogen (secondary N) is 1. The zero-order chi connectivity index (χ0) is 16.0. The number of benzene rings is 1. The standard InChI is InChI=1S/C13H15F3N4O/c1-20(6-2-5-17)8-12(21)19-9-3-4-11(18)10(7-9)13(14,15)16/h3-4,7H,2,6,8,18H2,1H3,(H,19,21). The Morgan fingerprint density at radius 3 is 2.71 bits per heavy atom. The summed E-state index contributed by atoms with van der Waals surface area (Å²) in [6.45, 7) is 0.382. The molecule has 0 bridgehead atoms. The van der Waals surface area contributed by atoms with Gasteiger partial charge >= 0.3 is 6.18 Å². The summed E-state index contributed by atoms with van der Waals surface area (Å²) < 4.78 is 38.1. The lowest BCUT2D eigenvalue weighted by atomic mass is 10.1. The highest BCUT2D eigenvalue weighted by Gasteiger charge is 2.33.